The van der Waals surface area contributed by atoms with Crippen LogP contribution in [-0.2, 0) is 11.2 Å². The molecule has 0 radical (unpaired) electrons. The summed E-state index contributed by atoms with van der Waals surface area (Å²) in [6, 6.07) is 13.3. The standard InChI is InChI=1S/C21H22FN3O3/c1-14(17-6-4-5-7-18(17)27-3)25(2)20(26)13-12-19-23-21(24-28-19)15-8-10-16(22)11-9-15/h4-11,14H,12-13H2,1-3H3. The molecule has 0 saturated carbocycles. The highest BCUT2D eigenvalue weighted by molar-refractivity contribution is 5.76. The van der Waals surface area contributed by atoms with E-state index in [1.54, 1.807) is 31.2 Å². The van der Waals surface area contributed by atoms with Crippen molar-refractivity contribution in [1.29, 1.82) is 0 Å². The van der Waals surface area contributed by atoms with Crippen molar-refractivity contribution >= 4 is 5.91 Å². The van der Waals surface area contributed by atoms with E-state index in [2.05, 4.69) is 10.1 Å². The topological polar surface area (TPSA) is 68.5 Å². The zero-order valence-electron chi connectivity index (χ0n) is 16.1. The molecule has 3 aromatic rings. The zero-order valence-corrected chi connectivity index (χ0v) is 16.1. The van der Waals surface area contributed by atoms with Crippen LogP contribution < -0.4 is 4.74 Å². The monoisotopic (exact) mass is 383 g/mol. The molecule has 1 atom stereocenters. The van der Waals surface area contributed by atoms with E-state index in [1.165, 1.54) is 12.1 Å². The predicted molar refractivity (Wildman–Crippen MR) is 102 cm³/mol. The Morgan fingerprint density at radius 3 is 2.64 bits per heavy atom. The van der Waals surface area contributed by atoms with Gasteiger partial charge in [0.2, 0.25) is 17.6 Å². The van der Waals surface area contributed by atoms with Gasteiger partial charge in [-0.15, -0.1) is 0 Å². The lowest BCUT2D eigenvalue weighted by Gasteiger charge is -2.26. The molecule has 1 aromatic heterocycles. The van der Waals surface area contributed by atoms with Gasteiger partial charge in [0, 0.05) is 31.0 Å². The number of benzene rings is 2. The van der Waals surface area contributed by atoms with Crippen molar-refractivity contribution in [2.45, 2.75) is 25.8 Å². The normalized spacial score (nSPS) is 11.9. The number of aromatic nitrogens is 2. The second kappa shape index (κ2) is 8.65. The molecule has 0 bridgehead atoms. The van der Waals surface area contributed by atoms with Gasteiger partial charge in [-0.25, -0.2) is 4.39 Å². The van der Waals surface area contributed by atoms with Gasteiger partial charge in [-0.05, 0) is 37.3 Å². The molecule has 28 heavy (non-hydrogen) atoms. The molecular formula is C21H22FN3O3. The highest BCUT2D eigenvalue weighted by atomic mass is 19.1. The first-order valence-corrected chi connectivity index (χ1v) is 8.96. The van der Waals surface area contributed by atoms with Crippen molar-refractivity contribution in [3.63, 3.8) is 0 Å². The van der Waals surface area contributed by atoms with E-state index in [9.17, 15) is 9.18 Å². The fourth-order valence-electron chi connectivity index (χ4n) is 2.90. The van der Waals surface area contributed by atoms with Crippen LogP contribution >= 0.6 is 0 Å². The molecule has 2 aromatic carbocycles. The summed E-state index contributed by atoms with van der Waals surface area (Å²) in [6.07, 6.45) is 0.567. The van der Waals surface area contributed by atoms with E-state index < -0.39 is 0 Å². The second-order valence-electron chi connectivity index (χ2n) is 6.44. The third-order valence-corrected chi connectivity index (χ3v) is 4.69. The van der Waals surface area contributed by atoms with Gasteiger partial charge in [-0.2, -0.15) is 4.98 Å². The maximum atomic E-state index is 13.0. The van der Waals surface area contributed by atoms with Gasteiger partial charge in [0.05, 0.1) is 13.2 Å². The van der Waals surface area contributed by atoms with Crippen LogP contribution in [0.1, 0.15) is 30.8 Å². The fraction of sp³-hybridized carbons (Fsp3) is 0.286. The number of carbonyl (C=O) groups excluding carboxylic acids is 1. The van der Waals surface area contributed by atoms with Gasteiger partial charge in [0.1, 0.15) is 11.6 Å². The SMILES string of the molecule is COc1ccccc1C(C)N(C)C(=O)CCc1nc(-c2ccc(F)cc2)no1. The van der Waals surface area contributed by atoms with Crippen molar-refractivity contribution in [2.24, 2.45) is 0 Å². The van der Waals surface area contributed by atoms with Crippen LogP contribution in [0.5, 0.6) is 5.75 Å². The molecule has 3 rings (SSSR count). The van der Waals surface area contributed by atoms with E-state index in [0.29, 0.717) is 23.7 Å². The van der Waals surface area contributed by atoms with Crippen LogP contribution in [0.2, 0.25) is 0 Å². The summed E-state index contributed by atoms with van der Waals surface area (Å²) in [5, 5.41) is 3.89. The first-order valence-electron chi connectivity index (χ1n) is 8.96. The van der Waals surface area contributed by atoms with Crippen LogP contribution in [0.4, 0.5) is 4.39 Å². The van der Waals surface area contributed by atoms with Crippen LogP contribution in [0.25, 0.3) is 11.4 Å². The van der Waals surface area contributed by atoms with Crippen molar-refractivity contribution in [3.8, 4) is 17.1 Å². The molecule has 1 heterocycles. The molecule has 1 unspecified atom stereocenters. The number of aryl methyl sites for hydroxylation is 1. The maximum Gasteiger partial charge on any atom is 0.227 e. The maximum absolute atomic E-state index is 13.0. The number of methoxy groups -OCH3 is 1. The Hall–Kier alpha value is -3.22. The molecule has 0 aliphatic heterocycles. The van der Waals surface area contributed by atoms with Gasteiger partial charge < -0.3 is 14.2 Å². The van der Waals surface area contributed by atoms with Crippen molar-refractivity contribution in [1.82, 2.24) is 15.0 Å². The summed E-state index contributed by atoms with van der Waals surface area (Å²) in [4.78, 5) is 18.6. The predicted octanol–water partition coefficient (Wildman–Crippen LogP) is 4.04. The van der Waals surface area contributed by atoms with E-state index in [1.807, 2.05) is 31.2 Å². The van der Waals surface area contributed by atoms with Gasteiger partial charge in [-0.3, -0.25) is 4.79 Å². The molecule has 0 saturated heterocycles. The Morgan fingerprint density at radius 2 is 1.93 bits per heavy atom. The van der Waals surface area contributed by atoms with Crippen molar-refractivity contribution < 1.29 is 18.4 Å². The molecule has 146 valence electrons. The number of amides is 1. The number of hydrogen-bond donors (Lipinski definition) is 0. The van der Waals surface area contributed by atoms with Gasteiger partial charge in [0.25, 0.3) is 0 Å². The average Bonchev–Trinajstić information content (AvgIpc) is 3.20. The summed E-state index contributed by atoms with van der Waals surface area (Å²) in [6.45, 7) is 1.95. The fourth-order valence-corrected chi connectivity index (χ4v) is 2.90. The molecule has 6 nitrogen and oxygen atoms in total. The number of nitrogens with zero attached hydrogens (tertiary/aromatic N) is 3. The summed E-state index contributed by atoms with van der Waals surface area (Å²) < 4.78 is 23.6. The van der Waals surface area contributed by atoms with Crippen LogP contribution in [0, 0.1) is 5.82 Å². The summed E-state index contributed by atoms with van der Waals surface area (Å²) in [7, 11) is 3.37. The lowest BCUT2D eigenvalue weighted by atomic mass is 10.1. The minimum Gasteiger partial charge on any atom is -0.496 e. The quantitative estimate of drug-likeness (QED) is 0.616. The van der Waals surface area contributed by atoms with E-state index in [4.69, 9.17) is 9.26 Å². The molecule has 0 spiro atoms. The molecule has 1 amide bonds. The van der Waals surface area contributed by atoms with E-state index in [0.717, 1.165) is 11.3 Å². The van der Waals surface area contributed by atoms with Gasteiger partial charge >= 0.3 is 0 Å². The third-order valence-electron chi connectivity index (χ3n) is 4.69. The highest BCUT2D eigenvalue weighted by Gasteiger charge is 2.21. The Morgan fingerprint density at radius 1 is 1.21 bits per heavy atom. The number of carbonyl (C=O) groups is 1. The molecule has 0 aliphatic carbocycles. The third kappa shape index (κ3) is 4.36. The van der Waals surface area contributed by atoms with Gasteiger partial charge in [-0.1, -0.05) is 23.4 Å². The number of halogens is 1. The van der Waals surface area contributed by atoms with Crippen LogP contribution in [0.15, 0.2) is 53.1 Å². The van der Waals surface area contributed by atoms with Gasteiger partial charge in [0.15, 0.2) is 0 Å². The minimum atomic E-state index is -0.328. The first-order chi connectivity index (χ1) is 13.5. The Kier molecular flexibility index (Phi) is 6.03. The Balaban J connectivity index is 1.61. The molecule has 0 aliphatic rings. The summed E-state index contributed by atoms with van der Waals surface area (Å²) in [5.74, 6) is 1.12. The number of hydrogen-bond acceptors (Lipinski definition) is 5. The van der Waals surface area contributed by atoms with Crippen LogP contribution in [-0.4, -0.2) is 35.1 Å². The Bertz CT molecular complexity index is 940. The molecule has 0 N–H and O–H groups in total. The first kappa shape index (κ1) is 19.5. The summed E-state index contributed by atoms with van der Waals surface area (Å²) >= 11 is 0. The molecule has 0 fully saturated rings. The summed E-state index contributed by atoms with van der Waals surface area (Å²) in [5.41, 5.74) is 1.60. The average molecular weight is 383 g/mol. The number of ether oxygens (including phenoxy) is 1. The van der Waals surface area contributed by atoms with E-state index >= 15 is 0 Å². The van der Waals surface area contributed by atoms with Crippen LogP contribution in [0.3, 0.4) is 0 Å². The lowest BCUT2D eigenvalue weighted by molar-refractivity contribution is -0.131. The molecule has 7 heteroatoms. The smallest absolute Gasteiger partial charge is 0.227 e. The van der Waals surface area contributed by atoms with E-state index in [-0.39, 0.29) is 24.2 Å². The molecular weight excluding hydrogens is 361 g/mol. The van der Waals surface area contributed by atoms with Crippen molar-refractivity contribution in [2.75, 3.05) is 14.2 Å². The largest absolute Gasteiger partial charge is 0.496 e. The van der Waals surface area contributed by atoms with Crippen molar-refractivity contribution in [3.05, 3.63) is 65.8 Å². The minimum absolute atomic E-state index is 0.0417. The number of rotatable bonds is 7. The number of para-hydroxylation sites is 1. The highest BCUT2D eigenvalue weighted by Crippen LogP contribution is 2.28. The zero-order chi connectivity index (χ0) is 20.1. The second-order valence-corrected chi connectivity index (χ2v) is 6.44. The lowest BCUT2D eigenvalue weighted by Crippen LogP contribution is -2.30. The Labute approximate surface area is 162 Å².